The molecule has 1 unspecified atom stereocenters. The molecule has 0 aliphatic carbocycles. The molecule has 1 atom stereocenters. The molecule has 2 N–H and O–H groups in total. The van der Waals surface area contributed by atoms with Crippen LogP contribution in [0.25, 0.3) is 0 Å². The summed E-state index contributed by atoms with van der Waals surface area (Å²) in [6.07, 6.45) is 0.546. The van der Waals surface area contributed by atoms with E-state index in [0.29, 0.717) is 35.7 Å². The van der Waals surface area contributed by atoms with Crippen LogP contribution in [-0.4, -0.2) is 29.9 Å². The standard InChI is InChI=1S/C14H14ClN3O/c15-12-6-7-18(9-11(12)13(17)8-16)14(19)10-4-2-1-3-5-10/h1-5,13H,6-7,9,17H2. The van der Waals surface area contributed by atoms with E-state index in [0.717, 1.165) is 0 Å². The summed E-state index contributed by atoms with van der Waals surface area (Å²) in [5, 5.41) is 9.48. The zero-order valence-electron chi connectivity index (χ0n) is 10.3. The maximum Gasteiger partial charge on any atom is 0.254 e. The number of carbonyl (C=O) groups is 1. The number of hydrogen-bond donors (Lipinski definition) is 1. The van der Waals surface area contributed by atoms with Crippen LogP contribution in [0.15, 0.2) is 40.9 Å². The Kier molecular flexibility index (Phi) is 4.20. The minimum atomic E-state index is -0.751. The van der Waals surface area contributed by atoms with Gasteiger partial charge < -0.3 is 10.6 Å². The Hall–Kier alpha value is -1.83. The summed E-state index contributed by atoms with van der Waals surface area (Å²) in [6, 6.07) is 10.3. The molecule has 1 heterocycles. The fourth-order valence-electron chi connectivity index (χ4n) is 2.05. The Morgan fingerprint density at radius 1 is 1.42 bits per heavy atom. The first-order valence-corrected chi connectivity index (χ1v) is 6.38. The van der Waals surface area contributed by atoms with E-state index in [4.69, 9.17) is 22.6 Å². The van der Waals surface area contributed by atoms with Crippen LogP contribution in [0.2, 0.25) is 0 Å². The van der Waals surface area contributed by atoms with Crippen molar-refractivity contribution in [2.24, 2.45) is 5.73 Å². The largest absolute Gasteiger partial charge is 0.334 e. The van der Waals surface area contributed by atoms with Crippen molar-refractivity contribution in [1.82, 2.24) is 4.90 Å². The number of carbonyl (C=O) groups excluding carboxylic acids is 1. The predicted octanol–water partition coefficient (Wildman–Crippen LogP) is 1.88. The molecule has 0 saturated carbocycles. The molecular formula is C14H14ClN3O. The van der Waals surface area contributed by atoms with Crippen molar-refractivity contribution in [3.8, 4) is 6.07 Å². The molecule has 19 heavy (non-hydrogen) atoms. The zero-order chi connectivity index (χ0) is 13.8. The number of nitrogens with two attached hydrogens (primary N) is 1. The van der Waals surface area contributed by atoms with E-state index in [-0.39, 0.29) is 5.91 Å². The van der Waals surface area contributed by atoms with Crippen molar-refractivity contribution in [2.75, 3.05) is 13.1 Å². The molecule has 4 nitrogen and oxygen atoms in total. The maximum absolute atomic E-state index is 12.3. The summed E-state index contributed by atoms with van der Waals surface area (Å²) in [5.74, 6) is -0.0626. The molecule has 0 aromatic heterocycles. The van der Waals surface area contributed by atoms with E-state index in [1.165, 1.54) is 0 Å². The first-order chi connectivity index (χ1) is 9.13. The summed E-state index contributed by atoms with van der Waals surface area (Å²) in [4.78, 5) is 14.0. The average molecular weight is 276 g/mol. The van der Waals surface area contributed by atoms with Gasteiger partial charge in [0.1, 0.15) is 6.04 Å². The van der Waals surface area contributed by atoms with Gasteiger partial charge in [-0.15, -0.1) is 0 Å². The van der Waals surface area contributed by atoms with E-state index in [1.807, 2.05) is 24.3 Å². The number of hydrogen-bond acceptors (Lipinski definition) is 3. The minimum absolute atomic E-state index is 0.0626. The van der Waals surface area contributed by atoms with Gasteiger partial charge in [-0.25, -0.2) is 0 Å². The SMILES string of the molecule is N#CC(N)C1=C(Cl)CCN(C(=O)c2ccccc2)C1. The fraction of sp³-hybridized carbons (Fsp3) is 0.286. The van der Waals surface area contributed by atoms with Crippen molar-refractivity contribution < 1.29 is 4.79 Å². The van der Waals surface area contributed by atoms with Crippen molar-refractivity contribution in [3.05, 3.63) is 46.5 Å². The Bertz CT molecular complexity index is 548. The molecule has 2 rings (SSSR count). The molecule has 1 aliphatic heterocycles. The molecule has 1 aromatic rings. The van der Waals surface area contributed by atoms with Gasteiger partial charge in [0.2, 0.25) is 0 Å². The smallest absolute Gasteiger partial charge is 0.254 e. The molecule has 98 valence electrons. The normalized spacial score (nSPS) is 17.0. The van der Waals surface area contributed by atoms with E-state index in [2.05, 4.69) is 0 Å². The number of nitriles is 1. The Morgan fingerprint density at radius 2 is 2.11 bits per heavy atom. The minimum Gasteiger partial charge on any atom is -0.334 e. The third kappa shape index (κ3) is 2.95. The lowest BCUT2D eigenvalue weighted by Gasteiger charge is -2.30. The van der Waals surface area contributed by atoms with Crippen molar-refractivity contribution in [3.63, 3.8) is 0 Å². The van der Waals surface area contributed by atoms with E-state index in [9.17, 15) is 4.79 Å². The highest BCUT2D eigenvalue weighted by molar-refractivity contribution is 6.30. The maximum atomic E-state index is 12.3. The van der Waals surface area contributed by atoms with Crippen LogP contribution < -0.4 is 5.73 Å². The number of rotatable bonds is 2. The second kappa shape index (κ2) is 5.87. The molecular weight excluding hydrogens is 262 g/mol. The van der Waals surface area contributed by atoms with E-state index < -0.39 is 6.04 Å². The zero-order valence-corrected chi connectivity index (χ0v) is 11.1. The van der Waals surface area contributed by atoms with Crippen LogP contribution in [0.5, 0.6) is 0 Å². The van der Waals surface area contributed by atoms with E-state index in [1.54, 1.807) is 17.0 Å². The molecule has 1 aromatic carbocycles. The van der Waals surface area contributed by atoms with Crippen LogP contribution in [-0.2, 0) is 0 Å². The van der Waals surface area contributed by atoms with Crippen LogP contribution in [0.4, 0.5) is 0 Å². The molecule has 0 saturated heterocycles. The number of nitrogens with zero attached hydrogens (tertiary/aromatic N) is 2. The van der Waals surface area contributed by atoms with Gasteiger partial charge in [-0.05, 0) is 17.7 Å². The van der Waals surface area contributed by atoms with Gasteiger partial charge in [0.05, 0.1) is 6.07 Å². The summed E-state index contributed by atoms with van der Waals surface area (Å²) < 4.78 is 0. The number of benzene rings is 1. The fourth-order valence-corrected chi connectivity index (χ4v) is 2.31. The summed E-state index contributed by atoms with van der Waals surface area (Å²) in [7, 11) is 0. The van der Waals surface area contributed by atoms with Crippen LogP contribution in [0.3, 0.4) is 0 Å². The Balaban J connectivity index is 2.17. The number of amides is 1. The molecule has 0 radical (unpaired) electrons. The van der Waals surface area contributed by atoms with Gasteiger partial charge in [-0.3, -0.25) is 4.79 Å². The Morgan fingerprint density at radius 3 is 2.74 bits per heavy atom. The van der Waals surface area contributed by atoms with Gasteiger partial charge in [-0.2, -0.15) is 5.26 Å². The highest BCUT2D eigenvalue weighted by atomic mass is 35.5. The van der Waals surface area contributed by atoms with Crippen LogP contribution in [0, 0.1) is 11.3 Å². The van der Waals surface area contributed by atoms with Gasteiger partial charge in [-0.1, -0.05) is 29.8 Å². The molecule has 0 spiro atoms. The second-order valence-corrected chi connectivity index (χ2v) is 4.84. The third-order valence-corrected chi connectivity index (χ3v) is 3.57. The van der Waals surface area contributed by atoms with Crippen molar-refractivity contribution in [2.45, 2.75) is 12.5 Å². The lowest BCUT2D eigenvalue weighted by molar-refractivity contribution is 0.0763. The third-order valence-electron chi connectivity index (χ3n) is 3.13. The van der Waals surface area contributed by atoms with Crippen molar-refractivity contribution in [1.29, 1.82) is 5.26 Å². The number of halogens is 1. The molecule has 1 aliphatic rings. The average Bonchev–Trinajstić information content (AvgIpc) is 2.47. The summed E-state index contributed by atoms with van der Waals surface area (Å²) in [6.45, 7) is 0.871. The highest BCUT2D eigenvalue weighted by Gasteiger charge is 2.25. The van der Waals surface area contributed by atoms with Gasteiger partial charge in [0, 0.05) is 30.1 Å². The monoisotopic (exact) mass is 275 g/mol. The summed E-state index contributed by atoms with van der Waals surface area (Å²) >= 11 is 6.08. The van der Waals surface area contributed by atoms with Gasteiger partial charge in [0.15, 0.2) is 0 Å². The second-order valence-electron chi connectivity index (χ2n) is 4.38. The van der Waals surface area contributed by atoms with Gasteiger partial charge >= 0.3 is 0 Å². The lowest BCUT2D eigenvalue weighted by atomic mass is 10.0. The Labute approximate surface area is 117 Å². The predicted molar refractivity (Wildman–Crippen MR) is 73.4 cm³/mol. The first-order valence-electron chi connectivity index (χ1n) is 6.00. The van der Waals surface area contributed by atoms with E-state index >= 15 is 0 Å². The van der Waals surface area contributed by atoms with Crippen LogP contribution in [0.1, 0.15) is 16.8 Å². The van der Waals surface area contributed by atoms with Gasteiger partial charge in [0.25, 0.3) is 5.91 Å². The molecule has 0 fully saturated rings. The molecule has 1 amide bonds. The van der Waals surface area contributed by atoms with Crippen molar-refractivity contribution >= 4 is 17.5 Å². The molecule has 5 heteroatoms. The highest BCUT2D eigenvalue weighted by Crippen LogP contribution is 2.24. The lowest BCUT2D eigenvalue weighted by Crippen LogP contribution is -2.40. The van der Waals surface area contributed by atoms with Crippen LogP contribution >= 0.6 is 11.6 Å². The first kappa shape index (κ1) is 13.6. The molecule has 0 bridgehead atoms. The quantitative estimate of drug-likeness (QED) is 0.896. The summed E-state index contributed by atoms with van der Waals surface area (Å²) in [5.41, 5.74) is 6.97. The topological polar surface area (TPSA) is 70.1 Å².